The molecule has 10 heteroatoms. The number of aromatic nitrogens is 6. The van der Waals surface area contributed by atoms with E-state index in [9.17, 15) is 4.79 Å². The van der Waals surface area contributed by atoms with Crippen LogP contribution in [0.1, 0.15) is 24.4 Å². The van der Waals surface area contributed by atoms with Crippen molar-refractivity contribution in [3.05, 3.63) is 60.4 Å². The zero-order valence-electron chi connectivity index (χ0n) is 18.6. The van der Waals surface area contributed by atoms with Crippen molar-refractivity contribution in [2.45, 2.75) is 26.0 Å². The molecule has 0 radical (unpaired) electrons. The quantitative estimate of drug-likeness (QED) is 0.359. The zero-order chi connectivity index (χ0) is 23.4. The molecule has 1 aliphatic heterocycles. The molecule has 5 aromatic rings. The Morgan fingerprint density at radius 3 is 2.94 bits per heavy atom. The minimum Gasteiger partial charge on any atom is -0.486 e. The Morgan fingerprint density at radius 1 is 1.09 bits per heavy atom. The molecule has 10 nitrogen and oxygen atoms in total. The first-order chi connectivity index (χ1) is 17.2. The molecule has 2 aliphatic rings. The summed E-state index contributed by atoms with van der Waals surface area (Å²) in [7, 11) is 0. The summed E-state index contributed by atoms with van der Waals surface area (Å²) >= 11 is 0. The van der Waals surface area contributed by atoms with E-state index in [4.69, 9.17) is 4.74 Å². The molecule has 7 rings (SSSR count). The Labute approximate surface area is 199 Å². The van der Waals surface area contributed by atoms with Crippen molar-refractivity contribution < 1.29 is 9.53 Å². The van der Waals surface area contributed by atoms with Crippen molar-refractivity contribution in [3.63, 3.8) is 0 Å². The lowest BCUT2D eigenvalue weighted by molar-refractivity contribution is -0.117. The molecule has 1 amide bonds. The second kappa shape index (κ2) is 7.73. The highest BCUT2D eigenvalue weighted by molar-refractivity contribution is 6.03. The monoisotopic (exact) mass is 464 g/mol. The number of aromatic amines is 1. The maximum Gasteiger partial charge on any atom is 0.233 e. The first kappa shape index (κ1) is 19.8. The number of rotatable bonds is 2. The van der Waals surface area contributed by atoms with Gasteiger partial charge in [-0.3, -0.25) is 15.1 Å². The van der Waals surface area contributed by atoms with Crippen molar-refractivity contribution >= 4 is 39.6 Å². The Balaban J connectivity index is 1.41. The van der Waals surface area contributed by atoms with Crippen molar-refractivity contribution in [3.8, 4) is 16.9 Å². The summed E-state index contributed by atoms with van der Waals surface area (Å²) in [5.41, 5.74) is 4.16. The lowest BCUT2D eigenvalue weighted by Crippen LogP contribution is -2.16. The van der Waals surface area contributed by atoms with Crippen LogP contribution in [0.5, 0.6) is 5.75 Å². The lowest BCUT2D eigenvalue weighted by Gasteiger charge is -2.11. The summed E-state index contributed by atoms with van der Waals surface area (Å²) in [5.74, 6) is 2.12. The number of anilines is 2. The van der Waals surface area contributed by atoms with Crippen LogP contribution in [0.25, 0.3) is 33.1 Å². The van der Waals surface area contributed by atoms with Gasteiger partial charge in [0.2, 0.25) is 11.9 Å². The molecule has 1 fully saturated rings. The second-order valence-electron chi connectivity index (χ2n) is 8.77. The number of pyridine rings is 1. The summed E-state index contributed by atoms with van der Waals surface area (Å²) < 4.78 is 5.96. The van der Waals surface area contributed by atoms with Gasteiger partial charge >= 0.3 is 0 Å². The van der Waals surface area contributed by atoms with Crippen molar-refractivity contribution in [2.24, 2.45) is 5.92 Å². The Bertz CT molecular complexity index is 1630. The molecule has 0 atom stereocenters. The predicted molar refractivity (Wildman–Crippen MR) is 130 cm³/mol. The summed E-state index contributed by atoms with van der Waals surface area (Å²) in [4.78, 5) is 38.4. The highest BCUT2D eigenvalue weighted by atomic mass is 16.5. The van der Waals surface area contributed by atoms with Gasteiger partial charge in [-0.15, -0.1) is 0 Å². The molecule has 1 aliphatic carbocycles. The third-order valence-corrected chi connectivity index (χ3v) is 6.25. The van der Waals surface area contributed by atoms with Crippen molar-refractivity contribution in [1.29, 1.82) is 0 Å². The average Bonchev–Trinajstić information content (AvgIpc) is 3.65. The van der Waals surface area contributed by atoms with Crippen LogP contribution in [-0.2, 0) is 17.9 Å². The number of H-pyrrole nitrogens is 1. The molecule has 0 saturated heterocycles. The molecule has 1 aromatic carbocycles. The van der Waals surface area contributed by atoms with E-state index < -0.39 is 0 Å². The van der Waals surface area contributed by atoms with Crippen molar-refractivity contribution in [1.82, 2.24) is 29.9 Å². The van der Waals surface area contributed by atoms with Crippen LogP contribution in [0.15, 0.2) is 48.9 Å². The molecule has 0 unspecified atom stereocenters. The van der Waals surface area contributed by atoms with Gasteiger partial charge in [0.15, 0.2) is 0 Å². The summed E-state index contributed by atoms with van der Waals surface area (Å²) in [5, 5.41) is 8.00. The van der Waals surface area contributed by atoms with E-state index in [0.717, 1.165) is 46.0 Å². The lowest BCUT2D eigenvalue weighted by atomic mass is 10.0. The molecule has 5 bridgehead atoms. The molecule has 172 valence electrons. The summed E-state index contributed by atoms with van der Waals surface area (Å²) in [6.07, 6.45) is 7.15. The Morgan fingerprint density at radius 2 is 2.03 bits per heavy atom. The van der Waals surface area contributed by atoms with Gasteiger partial charge in [-0.25, -0.2) is 9.97 Å². The van der Waals surface area contributed by atoms with Crippen LogP contribution in [-0.4, -0.2) is 35.8 Å². The van der Waals surface area contributed by atoms with Crippen LogP contribution < -0.4 is 15.4 Å². The fraction of sp³-hybridized carbons (Fsp3) is 0.200. The van der Waals surface area contributed by atoms with Gasteiger partial charge in [0, 0.05) is 29.3 Å². The minimum atomic E-state index is -0.0469. The number of hydrogen-bond acceptors (Lipinski definition) is 8. The number of fused-ring (bicyclic) bond motifs is 5. The van der Waals surface area contributed by atoms with Crippen LogP contribution in [0.2, 0.25) is 0 Å². The summed E-state index contributed by atoms with van der Waals surface area (Å²) in [6.45, 7) is 0.645. The third kappa shape index (κ3) is 3.68. The fourth-order valence-corrected chi connectivity index (χ4v) is 4.29. The molecule has 4 aromatic heterocycles. The zero-order valence-corrected chi connectivity index (χ0v) is 18.6. The summed E-state index contributed by atoms with van der Waals surface area (Å²) in [6, 6.07) is 9.88. The maximum atomic E-state index is 12.4. The van der Waals surface area contributed by atoms with E-state index in [1.54, 1.807) is 12.4 Å². The molecule has 0 spiro atoms. The standard InChI is InChI=1S/C25H20N8O2/c34-24(13-1-2-13)33-25-31-22-21-18(10-28-22)14-3-4-19-15(7-14)8-17(9-27-19)35-12-16-5-6-26-20(30-16)11-29-23(21)32-25/h3-10,13H,1-2,11-12H2,(H3,28,29,31,32,33,34). The molecule has 35 heavy (non-hydrogen) atoms. The van der Waals surface area contributed by atoms with Crippen LogP contribution in [0.4, 0.5) is 11.8 Å². The predicted octanol–water partition coefficient (Wildman–Crippen LogP) is 3.82. The number of hydrogen-bond donors (Lipinski definition) is 3. The number of ether oxygens (including phenoxy) is 1. The van der Waals surface area contributed by atoms with Gasteiger partial charge in [0.1, 0.15) is 29.6 Å². The minimum absolute atomic E-state index is 0.0469. The average molecular weight is 464 g/mol. The normalized spacial score (nSPS) is 14.9. The number of nitrogens with zero attached hydrogens (tertiary/aromatic N) is 5. The van der Waals surface area contributed by atoms with E-state index >= 15 is 0 Å². The SMILES string of the molecule is O=C(Nc1nc2c3c(c[nH]c3n1)-c1ccc3ncc(cc3c1)OCc1ccnc(n1)CN2)C1CC1. The second-order valence-corrected chi connectivity index (χ2v) is 8.77. The highest BCUT2D eigenvalue weighted by Crippen LogP contribution is 2.36. The van der Waals surface area contributed by atoms with Gasteiger partial charge in [0.05, 0.1) is 29.3 Å². The van der Waals surface area contributed by atoms with Gasteiger partial charge in [0.25, 0.3) is 0 Å². The van der Waals surface area contributed by atoms with Crippen LogP contribution >= 0.6 is 0 Å². The van der Waals surface area contributed by atoms with E-state index in [0.29, 0.717) is 36.2 Å². The van der Waals surface area contributed by atoms with Crippen LogP contribution in [0.3, 0.4) is 0 Å². The number of nitrogens with one attached hydrogen (secondary N) is 3. The maximum absolute atomic E-state index is 12.4. The molecule has 5 heterocycles. The third-order valence-electron chi connectivity index (χ3n) is 6.25. The highest BCUT2D eigenvalue weighted by Gasteiger charge is 2.30. The van der Waals surface area contributed by atoms with E-state index in [-0.39, 0.29) is 17.8 Å². The number of carbonyl (C=O) groups excluding carboxylic acids is 1. The van der Waals surface area contributed by atoms with Gasteiger partial charge in [-0.2, -0.15) is 9.97 Å². The van der Waals surface area contributed by atoms with Crippen molar-refractivity contribution in [2.75, 3.05) is 10.6 Å². The van der Waals surface area contributed by atoms with E-state index in [1.165, 1.54) is 0 Å². The number of benzene rings is 1. The molecule has 3 N–H and O–H groups in total. The van der Waals surface area contributed by atoms with Gasteiger partial charge < -0.3 is 15.0 Å². The first-order valence-corrected chi connectivity index (χ1v) is 11.5. The largest absolute Gasteiger partial charge is 0.486 e. The molecule has 1 saturated carbocycles. The fourth-order valence-electron chi connectivity index (χ4n) is 4.29. The van der Waals surface area contributed by atoms with Gasteiger partial charge in [-0.05, 0) is 42.7 Å². The Kier molecular flexibility index (Phi) is 4.38. The molecular weight excluding hydrogens is 444 g/mol. The first-order valence-electron chi connectivity index (χ1n) is 11.5. The smallest absolute Gasteiger partial charge is 0.233 e. The number of carbonyl (C=O) groups is 1. The Hall–Kier alpha value is -4.60. The van der Waals surface area contributed by atoms with E-state index in [2.05, 4.69) is 46.6 Å². The molecular formula is C25H20N8O2. The topological polar surface area (TPSA) is 131 Å². The number of amides is 1. The van der Waals surface area contributed by atoms with E-state index in [1.807, 2.05) is 30.5 Å². The van der Waals surface area contributed by atoms with Gasteiger partial charge in [-0.1, -0.05) is 6.07 Å². The van der Waals surface area contributed by atoms with Crippen LogP contribution in [0, 0.1) is 5.92 Å².